The Kier molecular flexibility index (Phi) is 6.44. The van der Waals surface area contributed by atoms with E-state index in [4.69, 9.17) is 17.2 Å². The van der Waals surface area contributed by atoms with Gasteiger partial charge in [-0.15, -0.1) is 0 Å². The van der Waals surface area contributed by atoms with Gasteiger partial charge in [-0.3, -0.25) is 4.98 Å². The normalized spacial score (nSPS) is 17.6. The molecule has 0 bridgehead atoms. The van der Waals surface area contributed by atoms with Gasteiger partial charge in [0.15, 0.2) is 5.11 Å². The van der Waals surface area contributed by atoms with E-state index in [9.17, 15) is 0 Å². The summed E-state index contributed by atoms with van der Waals surface area (Å²) in [5.41, 5.74) is 9.97. The largest absolute Gasteiger partial charge is 0.352 e. The van der Waals surface area contributed by atoms with Crippen molar-refractivity contribution < 1.29 is 0 Å². The van der Waals surface area contributed by atoms with E-state index in [2.05, 4.69) is 103 Å². The molecule has 1 fully saturated rings. The van der Waals surface area contributed by atoms with E-state index >= 15 is 0 Å². The van der Waals surface area contributed by atoms with Crippen molar-refractivity contribution in [3.63, 3.8) is 0 Å². The molecule has 2 atom stereocenters. The molecule has 5 rings (SSSR count). The van der Waals surface area contributed by atoms with Crippen molar-refractivity contribution in [2.75, 3.05) is 0 Å². The van der Waals surface area contributed by atoms with Crippen molar-refractivity contribution >= 4 is 17.3 Å². The van der Waals surface area contributed by atoms with Gasteiger partial charge in [0.25, 0.3) is 0 Å². The summed E-state index contributed by atoms with van der Waals surface area (Å²) in [6.07, 6.45) is 2.86. The first-order valence-corrected chi connectivity index (χ1v) is 12.7. The SMILES string of the molecule is CCc1cccc(C)c1-n1c(C)cc(C2C(c3ccccn3)NC(=S)N2Cc2ccccc2)c1C. The lowest BCUT2D eigenvalue weighted by Crippen LogP contribution is -2.29. The van der Waals surface area contributed by atoms with Crippen LogP contribution in [-0.4, -0.2) is 19.6 Å². The molecule has 1 aliphatic heterocycles. The number of thiocarbonyl (C=S) groups is 1. The number of nitrogens with one attached hydrogen (secondary N) is 1. The van der Waals surface area contributed by atoms with E-state index in [-0.39, 0.29) is 12.1 Å². The topological polar surface area (TPSA) is 33.1 Å². The second kappa shape index (κ2) is 9.67. The van der Waals surface area contributed by atoms with Crippen molar-refractivity contribution in [3.8, 4) is 5.69 Å². The van der Waals surface area contributed by atoms with Crippen LogP contribution in [0.1, 0.15) is 58.3 Å². The summed E-state index contributed by atoms with van der Waals surface area (Å²) in [7, 11) is 0. The Balaban J connectivity index is 1.66. The molecule has 0 radical (unpaired) electrons. The lowest BCUT2D eigenvalue weighted by Gasteiger charge is -2.28. The van der Waals surface area contributed by atoms with E-state index in [0.717, 1.165) is 23.8 Å². The van der Waals surface area contributed by atoms with Crippen LogP contribution in [0.4, 0.5) is 0 Å². The molecule has 0 saturated carbocycles. The van der Waals surface area contributed by atoms with Crippen molar-refractivity contribution in [2.45, 2.75) is 52.7 Å². The fraction of sp³-hybridized carbons (Fsp3) is 0.267. The van der Waals surface area contributed by atoms with E-state index in [1.54, 1.807) is 0 Å². The molecule has 178 valence electrons. The number of hydrogen-bond acceptors (Lipinski definition) is 2. The second-order valence-corrected chi connectivity index (χ2v) is 9.72. The zero-order valence-electron chi connectivity index (χ0n) is 20.8. The smallest absolute Gasteiger partial charge is 0.170 e. The second-order valence-electron chi connectivity index (χ2n) is 9.34. The van der Waals surface area contributed by atoms with Gasteiger partial charge in [-0.05, 0) is 79.9 Å². The maximum Gasteiger partial charge on any atom is 0.170 e. The molecule has 4 nitrogen and oxygen atoms in total. The van der Waals surface area contributed by atoms with Gasteiger partial charge < -0.3 is 14.8 Å². The van der Waals surface area contributed by atoms with Crippen LogP contribution in [0.15, 0.2) is 79.0 Å². The number of rotatable bonds is 6. The van der Waals surface area contributed by atoms with E-state index < -0.39 is 0 Å². The van der Waals surface area contributed by atoms with Gasteiger partial charge in [0.05, 0.1) is 23.5 Å². The van der Waals surface area contributed by atoms with Crippen molar-refractivity contribution in [2.24, 2.45) is 0 Å². The van der Waals surface area contributed by atoms with Crippen molar-refractivity contribution in [3.05, 3.63) is 118 Å². The number of benzene rings is 2. The Bertz CT molecular complexity index is 1340. The van der Waals surface area contributed by atoms with Crippen LogP contribution < -0.4 is 5.32 Å². The fourth-order valence-electron chi connectivity index (χ4n) is 5.45. The minimum Gasteiger partial charge on any atom is -0.352 e. The molecule has 0 spiro atoms. The van der Waals surface area contributed by atoms with Gasteiger partial charge in [-0.25, -0.2) is 0 Å². The third-order valence-corrected chi connectivity index (χ3v) is 7.46. The molecular weight excluding hydrogens is 448 g/mol. The molecule has 1 N–H and O–H groups in total. The summed E-state index contributed by atoms with van der Waals surface area (Å²) in [4.78, 5) is 7.04. The number of pyridine rings is 1. The Morgan fingerprint density at radius 1 is 0.943 bits per heavy atom. The molecule has 2 unspecified atom stereocenters. The number of aryl methyl sites for hydroxylation is 3. The molecule has 2 aromatic heterocycles. The predicted molar refractivity (Wildman–Crippen MR) is 147 cm³/mol. The summed E-state index contributed by atoms with van der Waals surface area (Å²) in [5, 5.41) is 4.37. The lowest BCUT2D eigenvalue weighted by atomic mass is 9.96. The molecule has 35 heavy (non-hydrogen) atoms. The summed E-state index contributed by atoms with van der Waals surface area (Å²) in [6.45, 7) is 9.63. The maximum absolute atomic E-state index is 5.91. The highest BCUT2D eigenvalue weighted by Gasteiger charge is 2.41. The standard InChI is InChI=1S/C30H32N4S/c1-5-24-15-11-12-20(2)28(24)34-21(3)18-25(22(34)4)29-27(26-16-9-10-17-31-26)32-30(35)33(29)19-23-13-7-6-8-14-23/h6-18,27,29H,5,19H2,1-4H3,(H,32,35). The summed E-state index contributed by atoms with van der Waals surface area (Å²) < 4.78 is 2.43. The average molecular weight is 481 g/mol. The number of nitrogens with zero attached hydrogens (tertiary/aromatic N) is 3. The predicted octanol–water partition coefficient (Wildman–Crippen LogP) is 6.53. The van der Waals surface area contributed by atoms with Crippen LogP contribution in [-0.2, 0) is 13.0 Å². The molecule has 0 amide bonds. The highest BCUT2D eigenvalue weighted by Crippen LogP contribution is 2.42. The quantitative estimate of drug-likeness (QED) is 0.318. The molecule has 5 heteroatoms. The van der Waals surface area contributed by atoms with Crippen LogP contribution in [0.5, 0.6) is 0 Å². The molecule has 2 aromatic carbocycles. The highest BCUT2D eigenvalue weighted by atomic mass is 32.1. The van der Waals surface area contributed by atoms with Gasteiger partial charge in [0.1, 0.15) is 0 Å². The van der Waals surface area contributed by atoms with Crippen LogP contribution in [0.3, 0.4) is 0 Å². The van der Waals surface area contributed by atoms with Crippen molar-refractivity contribution in [1.82, 2.24) is 19.8 Å². The van der Waals surface area contributed by atoms with Crippen LogP contribution in [0, 0.1) is 20.8 Å². The third-order valence-electron chi connectivity index (χ3n) is 7.11. The van der Waals surface area contributed by atoms with Crippen LogP contribution >= 0.6 is 12.2 Å². The monoisotopic (exact) mass is 480 g/mol. The maximum atomic E-state index is 5.91. The summed E-state index contributed by atoms with van der Waals surface area (Å²) in [5.74, 6) is 0. The Labute approximate surface area is 213 Å². The summed E-state index contributed by atoms with van der Waals surface area (Å²) >= 11 is 5.91. The van der Waals surface area contributed by atoms with Gasteiger partial charge in [-0.1, -0.05) is 61.5 Å². The van der Waals surface area contributed by atoms with Crippen LogP contribution in [0.2, 0.25) is 0 Å². The first-order valence-electron chi connectivity index (χ1n) is 12.3. The van der Waals surface area contributed by atoms with Gasteiger partial charge in [0.2, 0.25) is 0 Å². The van der Waals surface area contributed by atoms with Gasteiger partial charge >= 0.3 is 0 Å². The highest BCUT2D eigenvalue weighted by molar-refractivity contribution is 7.80. The van der Waals surface area contributed by atoms with Crippen LogP contribution in [0.25, 0.3) is 5.69 Å². The van der Waals surface area contributed by atoms with E-state index in [1.165, 1.54) is 39.3 Å². The molecule has 4 aromatic rings. The molecule has 3 heterocycles. The first-order chi connectivity index (χ1) is 17.0. The zero-order valence-corrected chi connectivity index (χ0v) is 21.6. The number of aromatic nitrogens is 2. The minimum atomic E-state index is -0.0242. The average Bonchev–Trinajstić information content (AvgIpc) is 3.35. The molecule has 0 aliphatic carbocycles. The fourth-order valence-corrected chi connectivity index (χ4v) is 5.76. The molecule has 1 saturated heterocycles. The summed E-state index contributed by atoms with van der Waals surface area (Å²) in [6, 6.07) is 25.6. The zero-order chi connectivity index (χ0) is 24.5. The lowest BCUT2D eigenvalue weighted by molar-refractivity contribution is 0.310. The van der Waals surface area contributed by atoms with Gasteiger partial charge in [0, 0.05) is 24.1 Å². The Morgan fingerprint density at radius 2 is 1.71 bits per heavy atom. The van der Waals surface area contributed by atoms with Gasteiger partial charge in [-0.2, -0.15) is 0 Å². The molecule has 1 aliphatic rings. The Morgan fingerprint density at radius 3 is 2.43 bits per heavy atom. The third kappa shape index (κ3) is 4.25. The van der Waals surface area contributed by atoms with E-state index in [1.807, 2.05) is 18.3 Å². The first kappa shape index (κ1) is 23.3. The number of para-hydroxylation sites is 1. The van der Waals surface area contributed by atoms with Crippen molar-refractivity contribution in [1.29, 1.82) is 0 Å². The Hall–Kier alpha value is -3.44. The number of hydrogen-bond donors (Lipinski definition) is 1. The minimum absolute atomic E-state index is 0.0242. The van der Waals surface area contributed by atoms with E-state index in [0.29, 0.717) is 0 Å². The molecular formula is C30H32N4S.